The number of hydrogen-bond donors (Lipinski definition) is 2. The third-order valence-corrected chi connectivity index (χ3v) is 4.95. The number of anilines is 1. The molecule has 3 rings (SSSR count). The molecule has 7 heteroatoms. The Morgan fingerprint density at radius 3 is 2.41 bits per heavy atom. The highest BCUT2D eigenvalue weighted by Gasteiger charge is 2.26. The van der Waals surface area contributed by atoms with Crippen molar-refractivity contribution in [3.63, 3.8) is 0 Å². The zero-order valence-corrected chi connectivity index (χ0v) is 16.8. The molecule has 29 heavy (non-hydrogen) atoms. The molecule has 1 aliphatic rings. The Morgan fingerprint density at radius 1 is 1.03 bits per heavy atom. The van der Waals surface area contributed by atoms with Gasteiger partial charge in [0.1, 0.15) is 17.5 Å². The Kier molecular flexibility index (Phi) is 6.94. The normalized spacial score (nSPS) is 14.2. The van der Waals surface area contributed by atoms with Gasteiger partial charge in [-0.15, -0.1) is 0 Å². The van der Waals surface area contributed by atoms with Crippen molar-refractivity contribution in [3.05, 3.63) is 54.1 Å². The lowest BCUT2D eigenvalue weighted by atomic mass is 10.1. The maximum absolute atomic E-state index is 13.1. The summed E-state index contributed by atoms with van der Waals surface area (Å²) in [4.78, 5) is 27.5. The van der Waals surface area contributed by atoms with Gasteiger partial charge in [0.2, 0.25) is 5.91 Å². The topological polar surface area (TPSA) is 79.9 Å². The number of ether oxygens (including phenoxy) is 2. The van der Waals surface area contributed by atoms with E-state index in [1.165, 1.54) is 7.11 Å². The van der Waals surface area contributed by atoms with Crippen LogP contribution in [-0.4, -0.2) is 50.2 Å². The van der Waals surface area contributed by atoms with Gasteiger partial charge in [0.15, 0.2) is 0 Å². The molecule has 0 radical (unpaired) electrons. The van der Waals surface area contributed by atoms with Gasteiger partial charge in [-0.25, -0.2) is 4.79 Å². The number of urea groups is 1. The highest BCUT2D eigenvalue weighted by molar-refractivity contribution is 5.98. The van der Waals surface area contributed by atoms with Gasteiger partial charge in [-0.1, -0.05) is 30.3 Å². The van der Waals surface area contributed by atoms with Crippen molar-refractivity contribution >= 4 is 17.6 Å². The predicted molar refractivity (Wildman–Crippen MR) is 111 cm³/mol. The van der Waals surface area contributed by atoms with E-state index in [-0.39, 0.29) is 11.9 Å². The number of carbonyl (C=O) groups excluding carboxylic acids is 2. The molecule has 2 N–H and O–H groups in total. The van der Waals surface area contributed by atoms with E-state index in [0.29, 0.717) is 23.6 Å². The number of likely N-dealkylation sites (tertiary alicyclic amines) is 1. The Labute approximate surface area is 171 Å². The second kappa shape index (κ2) is 9.82. The summed E-state index contributed by atoms with van der Waals surface area (Å²) in [6, 6.07) is 13.9. The molecular formula is C22H27N3O4. The van der Waals surface area contributed by atoms with E-state index < -0.39 is 6.04 Å². The largest absolute Gasteiger partial charge is 0.497 e. The fourth-order valence-corrected chi connectivity index (χ4v) is 3.35. The summed E-state index contributed by atoms with van der Waals surface area (Å²) in [6.45, 7) is 1.43. The molecule has 1 unspecified atom stereocenters. The molecular weight excluding hydrogens is 370 g/mol. The minimum Gasteiger partial charge on any atom is -0.497 e. The molecule has 1 saturated heterocycles. The lowest BCUT2D eigenvalue weighted by molar-refractivity contribution is -0.118. The van der Waals surface area contributed by atoms with Crippen LogP contribution in [-0.2, 0) is 11.2 Å². The fourth-order valence-electron chi connectivity index (χ4n) is 3.35. The zero-order chi connectivity index (χ0) is 20.6. The number of methoxy groups -OCH3 is 2. The van der Waals surface area contributed by atoms with Gasteiger partial charge in [0.25, 0.3) is 0 Å². The summed E-state index contributed by atoms with van der Waals surface area (Å²) >= 11 is 0. The van der Waals surface area contributed by atoms with E-state index in [1.54, 1.807) is 30.2 Å². The van der Waals surface area contributed by atoms with Crippen LogP contribution in [0.4, 0.5) is 10.5 Å². The molecule has 2 aromatic rings. The molecule has 7 nitrogen and oxygen atoms in total. The van der Waals surface area contributed by atoms with Crippen LogP contribution in [0.15, 0.2) is 48.5 Å². The first-order chi connectivity index (χ1) is 14.1. The third-order valence-electron chi connectivity index (χ3n) is 4.95. The van der Waals surface area contributed by atoms with Crippen LogP contribution in [0.25, 0.3) is 0 Å². The number of hydrogen-bond acceptors (Lipinski definition) is 4. The van der Waals surface area contributed by atoms with Crippen LogP contribution >= 0.6 is 0 Å². The molecule has 0 bridgehead atoms. The lowest BCUT2D eigenvalue weighted by Crippen LogP contribution is -2.49. The molecule has 1 atom stereocenters. The van der Waals surface area contributed by atoms with Crippen molar-refractivity contribution in [3.8, 4) is 11.5 Å². The van der Waals surface area contributed by atoms with Gasteiger partial charge in [-0.05, 0) is 30.5 Å². The number of carbonyl (C=O) groups is 2. The van der Waals surface area contributed by atoms with Crippen molar-refractivity contribution in [1.29, 1.82) is 0 Å². The number of rotatable bonds is 7. The first kappa shape index (κ1) is 20.5. The highest BCUT2D eigenvalue weighted by Crippen LogP contribution is 2.29. The van der Waals surface area contributed by atoms with E-state index in [1.807, 2.05) is 30.3 Å². The van der Waals surface area contributed by atoms with Crippen molar-refractivity contribution < 1.29 is 19.1 Å². The van der Waals surface area contributed by atoms with E-state index in [4.69, 9.17) is 9.47 Å². The maximum Gasteiger partial charge on any atom is 0.318 e. The molecule has 1 aliphatic heterocycles. The maximum atomic E-state index is 13.1. The van der Waals surface area contributed by atoms with E-state index in [2.05, 4.69) is 10.6 Å². The molecule has 0 saturated carbocycles. The minimum atomic E-state index is -0.721. The Balaban J connectivity index is 1.78. The van der Waals surface area contributed by atoms with Gasteiger partial charge in [-0.3, -0.25) is 4.79 Å². The summed E-state index contributed by atoms with van der Waals surface area (Å²) in [7, 11) is 3.09. The van der Waals surface area contributed by atoms with Crippen molar-refractivity contribution in [1.82, 2.24) is 10.2 Å². The first-order valence-electron chi connectivity index (χ1n) is 9.73. The molecule has 1 fully saturated rings. The third kappa shape index (κ3) is 5.40. The fraction of sp³-hybridized carbons (Fsp3) is 0.364. The Hall–Kier alpha value is -3.22. The van der Waals surface area contributed by atoms with Crippen LogP contribution in [0.3, 0.4) is 0 Å². The first-order valence-corrected chi connectivity index (χ1v) is 9.73. The average molecular weight is 397 g/mol. The van der Waals surface area contributed by atoms with Crippen LogP contribution in [0.1, 0.15) is 18.4 Å². The van der Waals surface area contributed by atoms with Gasteiger partial charge >= 0.3 is 6.03 Å². The summed E-state index contributed by atoms with van der Waals surface area (Å²) in [5.74, 6) is 0.804. The van der Waals surface area contributed by atoms with Crippen LogP contribution in [0.5, 0.6) is 11.5 Å². The highest BCUT2D eigenvalue weighted by atomic mass is 16.5. The van der Waals surface area contributed by atoms with Crippen LogP contribution in [0, 0.1) is 0 Å². The molecule has 3 amide bonds. The molecule has 1 heterocycles. The predicted octanol–water partition coefficient (Wildman–Crippen LogP) is 3.06. The molecule has 154 valence electrons. The van der Waals surface area contributed by atoms with Gasteiger partial charge in [0, 0.05) is 25.6 Å². The van der Waals surface area contributed by atoms with E-state index >= 15 is 0 Å². The Bertz CT molecular complexity index is 835. The van der Waals surface area contributed by atoms with Crippen molar-refractivity contribution in [2.75, 3.05) is 32.6 Å². The monoisotopic (exact) mass is 397 g/mol. The number of nitrogens with zero attached hydrogens (tertiary/aromatic N) is 1. The van der Waals surface area contributed by atoms with Gasteiger partial charge < -0.3 is 25.0 Å². The van der Waals surface area contributed by atoms with Crippen LogP contribution in [0.2, 0.25) is 0 Å². The standard InChI is InChI=1S/C22H27N3O4/c1-28-17-10-11-20(29-2)18(15-17)23-21(26)19(14-16-8-4-3-5-9-16)24-22(27)25-12-6-7-13-25/h3-5,8-11,15,19H,6-7,12-14H2,1-2H3,(H,23,26)(H,24,27). The SMILES string of the molecule is COc1ccc(OC)c(NC(=O)C(Cc2ccccc2)NC(=O)N2CCCC2)c1. The quantitative estimate of drug-likeness (QED) is 0.753. The summed E-state index contributed by atoms with van der Waals surface area (Å²) in [6.07, 6.45) is 2.37. The second-order valence-corrected chi connectivity index (χ2v) is 6.94. The lowest BCUT2D eigenvalue weighted by Gasteiger charge is -2.23. The molecule has 0 aromatic heterocycles. The van der Waals surface area contributed by atoms with E-state index in [9.17, 15) is 9.59 Å². The van der Waals surface area contributed by atoms with Crippen LogP contribution < -0.4 is 20.1 Å². The second-order valence-electron chi connectivity index (χ2n) is 6.94. The molecule has 0 spiro atoms. The minimum absolute atomic E-state index is 0.212. The molecule has 2 aromatic carbocycles. The van der Waals surface area contributed by atoms with Crippen molar-refractivity contribution in [2.45, 2.75) is 25.3 Å². The smallest absolute Gasteiger partial charge is 0.318 e. The number of amides is 3. The molecule has 0 aliphatic carbocycles. The Morgan fingerprint density at radius 2 is 1.76 bits per heavy atom. The average Bonchev–Trinajstić information content (AvgIpc) is 3.29. The van der Waals surface area contributed by atoms with Crippen molar-refractivity contribution in [2.24, 2.45) is 0 Å². The summed E-state index contributed by atoms with van der Waals surface area (Å²) < 4.78 is 10.6. The number of nitrogens with one attached hydrogen (secondary N) is 2. The van der Waals surface area contributed by atoms with E-state index in [0.717, 1.165) is 31.5 Å². The zero-order valence-electron chi connectivity index (χ0n) is 16.8. The number of benzene rings is 2. The summed E-state index contributed by atoms with van der Waals surface area (Å²) in [5, 5.41) is 5.77. The summed E-state index contributed by atoms with van der Waals surface area (Å²) in [5.41, 5.74) is 1.46. The van der Waals surface area contributed by atoms with Gasteiger partial charge in [0.05, 0.1) is 19.9 Å². The van der Waals surface area contributed by atoms with Gasteiger partial charge in [-0.2, -0.15) is 0 Å².